The van der Waals surface area contributed by atoms with Gasteiger partial charge in [-0.3, -0.25) is 4.79 Å². The van der Waals surface area contributed by atoms with Crippen molar-refractivity contribution >= 4 is 22.5 Å². The second kappa shape index (κ2) is 8.53. The molecule has 5 nitrogen and oxygen atoms in total. The normalized spacial score (nSPS) is 16.7. The lowest BCUT2D eigenvalue weighted by Gasteiger charge is -2.36. The first-order valence-corrected chi connectivity index (χ1v) is 11.6. The number of amides is 1. The molecule has 2 aromatic carbocycles. The molecule has 32 heavy (non-hydrogen) atoms. The van der Waals surface area contributed by atoms with E-state index in [4.69, 9.17) is 0 Å². The van der Waals surface area contributed by atoms with Gasteiger partial charge in [-0.1, -0.05) is 32.9 Å². The number of carbonyl (C=O) groups is 1. The van der Waals surface area contributed by atoms with Gasteiger partial charge in [0.2, 0.25) is 0 Å². The first-order valence-electron chi connectivity index (χ1n) is 11.6. The van der Waals surface area contributed by atoms with Gasteiger partial charge in [-0.05, 0) is 80.0 Å². The van der Waals surface area contributed by atoms with Crippen LogP contribution in [0.1, 0.15) is 63.4 Å². The fourth-order valence-electron chi connectivity index (χ4n) is 4.79. The van der Waals surface area contributed by atoms with Gasteiger partial charge >= 0.3 is 0 Å². The summed E-state index contributed by atoms with van der Waals surface area (Å²) in [5.74, 6) is 0.936. The lowest BCUT2D eigenvalue weighted by Crippen LogP contribution is -2.40. The summed E-state index contributed by atoms with van der Waals surface area (Å²) in [5.41, 5.74) is 4.16. The highest BCUT2D eigenvalue weighted by Gasteiger charge is 2.35. The van der Waals surface area contributed by atoms with Crippen LogP contribution >= 0.6 is 0 Å². The molecular formula is C27H34N4O. The number of aryl methyl sites for hydroxylation is 1. The third-order valence-electron chi connectivity index (χ3n) is 6.40. The van der Waals surface area contributed by atoms with E-state index in [2.05, 4.69) is 66.3 Å². The molecule has 1 aromatic heterocycles. The molecule has 0 bridgehead atoms. The van der Waals surface area contributed by atoms with Crippen molar-refractivity contribution in [2.24, 2.45) is 5.41 Å². The zero-order chi connectivity index (χ0) is 23.0. The second-order valence-electron chi connectivity index (χ2n) is 10.3. The van der Waals surface area contributed by atoms with Crippen molar-refractivity contribution in [3.63, 3.8) is 0 Å². The molecular weight excluding hydrogens is 396 g/mol. The van der Waals surface area contributed by atoms with Crippen molar-refractivity contribution in [3.05, 3.63) is 53.7 Å². The van der Waals surface area contributed by atoms with Gasteiger partial charge in [0.1, 0.15) is 0 Å². The highest BCUT2D eigenvalue weighted by molar-refractivity contribution is 5.98. The Labute approximate surface area is 191 Å². The SMILES string of the molecule is Cc1ccc(C(=O)NC(C)C)cc1-c1ccc2c(N3CCC[C@H]3C(C)(C)C)nncc2c1. The number of benzene rings is 2. The third kappa shape index (κ3) is 4.34. The number of nitrogens with one attached hydrogen (secondary N) is 1. The number of hydrogen-bond donors (Lipinski definition) is 1. The molecule has 1 amide bonds. The van der Waals surface area contributed by atoms with Crippen molar-refractivity contribution in [1.82, 2.24) is 15.5 Å². The maximum Gasteiger partial charge on any atom is 0.251 e. The summed E-state index contributed by atoms with van der Waals surface area (Å²) in [5, 5.41) is 14.1. The van der Waals surface area contributed by atoms with E-state index in [1.165, 1.54) is 12.8 Å². The number of rotatable bonds is 4. The average Bonchev–Trinajstić information content (AvgIpc) is 3.23. The third-order valence-corrected chi connectivity index (χ3v) is 6.40. The van der Waals surface area contributed by atoms with Gasteiger partial charge in [0.15, 0.2) is 5.82 Å². The van der Waals surface area contributed by atoms with Gasteiger partial charge < -0.3 is 10.2 Å². The Morgan fingerprint density at radius 2 is 1.94 bits per heavy atom. The molecule has 5 heteroatoms. The molecule has 0 spiro atoms. The number of fused-ring (bicyclic) bond motifs is 1. The highest BCUT2D eigenvalue weighted by Crippen LogP contribution is 2.38. The Balaban J connectivity index is 1.74. The summed E-state index contributed by atoms with van der Waals surface area (Å²) in [6.07, 6.45) is 4.21. The Hall–Kier alpha value is -2.95. The van der Waals surface area contributed by atoms with Crippen LogP contribution in [0.25, 0.3) is 21.9 Å². The summed E-state index contributed by atoms with van der Waals surface area (Å²) in [4.78, 5) is 15.0. The van der Waals surface area contributed by atoms with Crippen molar-refractivity contribution in [1.29, 1.82) is 0 Å². The van der Waals surface area contributed by atoms with Crippen molar-refractivity contribution in [2.45, 2.75) is 66.5 Å². The summed E-state index contributed by atoms with van der Waals surface area (Å²) in [6, 6.07) is 12.9. The number of anilines is 1. The Bertz CT molecular complexity index is 1150. The largest absolute Gasteiger partial charge is 0.351 e. The zero-order valence-electron chi connectivity index (χ0n) is 20.1. The summed E-state index contributed by atoms with van der Waals surface area (Å²) < 4.78 is 0. The first-order chi connectivity index (χ1) is 15.1. The highest BCUT2D eigenvalue weighted by atomic mass is 16.1. The zero-order valence-corrected chi connectivity index (χ0v) is 20.1. The molecule has 168 valence electrons. The standard InChI is InChI=1S/C27H34N4O/c1-17(2)29-26(32)20-10-9-18(3)23(15-20)19-11-12-22-21(14-19)16-28-30-25(22)31-13-7-8-24(31)27(4,5)6/h9-12,14-17,24H,7-8,13H2,1-6H3,(H,29,32)/t24-/m0/s1. The first kappa shape index (κ1) is 22.3. The monoisotopic (exact) mass is 430 g/mol. The molecule has 1 aliphatic heterocycles. The van der Waals surface area contributed by atoms with Crippen LogP contribution in [0, 0.1) is 12.3 Å². The fraction of sp³-hybridized carbons (Fsp3) is 0.444. The lowest BCUT2D eigenvalue weighted by atomic mass is 9.85. The molecule has 3 aromatic rings. The molecule has 1 fully saturated rings. The van der Waals surface area contributed by atoms with E-state index in [-0.39, 0.29) is 17.4 Å². The van der Waals surface area contributed by atoms with Gasteiger partial charge in [-0.15, -0.1) is 5.10 Å². The van der Waals surface area contributed by atoms with E-state index in [1.54, 1.807) is 0 Å². The van der Waals surface area contributed by atoms with E-state index in [1.807, 2.05) is 38.2 Å². The smallest absolute Gasteiger partial charge is 0.251 e. The van der Waals surface area contributed by atoms with Crippen LogP contribution in [0.3, 0.4) is 0 Å². The maximum absolute atomic E-state index is 12.5. The van der Waals surface area contributed by atoms with E-state index < -0.39 is 0 Å². The van der Waals surface area contributed by atoms with E-state index >= 15 is 0 Å². The Morgan fingerprint density at radius 1 is 1.16 bits per heavy atom. The van der Waals surface area contributed by atoms with Gasteiger partial charge in [-0.2, -0.15) is 5.10 Å². The molecule has 0 aliphatic carbocycles. The summed E-state index contributed by atoms with van der Waals surface area (Å²) >= 11 is 0. The maximum atomic E-state index is 12.5. The van der Waals surface area contributed by atoms with Crippen molar-refractivity contribution < 1.29 is 4.79 Å². The minimum absolute atomic E-state index is 0.0440. The second-order valence-corrected chi connectivity index (χ2v) is 10.3. The molecule has 2 heterocycles. The molecule has 1 N–H and O–H groups in total. The van der Waals surface area contributed by atoms with Crippen LogP contribution in [0.5, 0.6) is 0 Å². The quantitative estimate of drug-likeness (QED) is 0.572. The average molecular weight is 431 g/mol. The fourth-order valence-corrected chi connectivity index (χ4v) is 4.79. The Kier molecular flexibility index (Phi) is 5.93. The lowest BCUT2D eigenvalue weighted by molar-refractivity contribution is 0.0943. The topological polar surface area (TPSA) is 58.1 Å². The molecule has 4 rings (SSSR count). The van der Waals surface area contributed by atoms with E-state index in [9.17, 15) is 4.79 Å². The van der Waals surface area contributed by atoms with E-state index in [0.717, 1.165) is 39.8 Å². The minimum Gasteiger partial charge on any atom is -0.351 e. The van der Waals surface area contributed by atoms with Crippen LogP contribution < -0.4 is 10.2 Å². The van der Waals surface area contributed by atoms with Gasteiger partial charge in [0.05, 0.1) is 6.20 Å². The predicted octanol–water partition coefficient (Wildman–Crippen LogP) is 5.76. The molecule has 1 aliphatic rings. The predicted molar refractivity (Wildman–Crippen MR) is 132 cm³/mol. The van der Waals surface area contributed by atoms with Gasteiger partial charge in [0, 0.05) is 35.0 Å². The van der Waals surface area contributed by atoms with Crippen molar-refractivity contribution in [3.8, 4) is 11.1 Å². The molecule has 0 unspecified atom stereocenters. The number of aromatic nitrogens is 2. The molecule has 0 radical (unpaired) electrons. The summed E-state index contributed by atoms with van der Waals surface area (Å²) in [6.45, 7) is 14.0. The minimum atomic E-state index is -0.0440. The van der Waals surface area contributed by atoms with E-state index in [0.29, 0.717) is 11.6 Å². The van der Waals surface area contributed by atoms with Gasteiger partial charge in [0.25, 0.3) is 5.91 Å². The van der Waals surface area contributed by atoms with Gasteiger partial charge in [-0.25, -0.2) is 0 Å². The van der Waals surface area contributed by atoms with Crippen LogP contribution in [-0.2, 0) is 0 Å². The van der Waals surface area contributed by atoms with Crippen LogP contribution in [-0.4, -0.2) is 34.7 Å². The molecule has 1 atom stereocenters. The van der Waals surface area contributed by atoms with Crippen molar-refractivity contribution in [2.75, 3.05) is 11.4 Å². The Morgan fingerprint density at radius 3 is 2.66 bits per heavy atom. The molecule has 1 saturated heterocycles. The van der Waals surface area contributed by atoms with Crippen LogP contribution in [0.4, 0.5) is 5.82 Å². The number of hydrogen-bond acceptors (Lipinski definition) is 4. The van der Waals surface area contributed by atoms with Crippen LogP contribution in [0.15, 0.2) is 42.6 Å². The summed E-state index contributed by atoms with van der Waals surface area (Å²) in [7, 11) is 0. The number of nitrogens with zero attached hydrogens (tertiary/aromatic N) is 3. The van der Waals surface area contributed by atoms with Crippen LogP contribution in [0.2, 0.25) is 0 Å². The molecule has 0 saturated carbocycles. The number of carbonyl (C=O) groups excluding carboxylic acids is 1.